The molecule has 0 saturated carbocycles. The first-order valence-electron chi connectivity index (χ1n) is 7.89. The highest BCUT2D eigenvalue weighted by atomic mass is 16.5. The SMILES string of the molecule is CC1=C(C(=O)N2CCCC(n3cnc(C(N)=O)n3)C2)CCCO1. The summed E-state index contributed by atoms with van der Waals surface area (Å²) in [6.07, 6.45) is 4.92. The van der Waals surface area contributed by atoms with Crippen LogP contribution in [0, 0.1) is 0 Å². The minimum Gasteiger partial charge on any atom is -0.498 e. The maximum Gasteiger partial charge on any atom is 0.288 e. The van der Waals surface area contributed by atoms with Crippen molar-refractivity contribution >= 4 is 11.8 Å². The zero-order chi connectivity index (χ0) is 16.4. The molecule has 8 heteroatoms. The summed E-state index contributed by atoms with van der Waals surface area (Å²) in [5, 5.41) is 4.11. The van der Waals surface area contributed by atoms with Gasteiger partial charge in [-0.05, 0) is 32.6 Å². The second kappa shape index (κ2) is 6.39. The van der Waals surface area contributed by atoms with Crippen LogP contribution in [0.2, 0.25) is 0 Å². The Morgan fingerprint density at radius 2 is 2.22 bits per heavy atom. The quantitative estimate of drug-likeness (QED) is 0.880. The summed E-state index contributed by atoms with van der Waals surface area (Å²) in [6, 6.07) is 0.0127. The van der Waals surface area contributed by atoms with E-state index in [-0.39, 0.29) is 17.8 Å². The summed E-state index contributed by atoms with van der Waals surface area (Å²) in [4.78, 5) is 29.6. The van der Waals surface area contributed by atoms with Crippen molar-refractivity contribution in [1.29, 1.82) is 0 Å². The number of carbonyl (C=O) groups excluding carboxylic acids is 2. The maximum absolute atomic E-state index is 12.7. The van der Waals surface area contributed by atoms with Crippen LogP contribution in [0.4, 0.5) is 0 Å². The second-order valence-corrected chi connectivity index (χ2v) is 5.95. The highest BCUT2D eigenvalue weighted by molar-refractivity contribution is 5.94. The van der Waals surface area contributed by atoms with Gasteiger partial charge in [-0.2, -0.15) is 0 Å². The predicted molar refractivity (Wildman–Crippen MR) is 81.3 cm³/mol. The molecule has 2 N–H and O–H groups in total. The summed E-state index contributed by atoms with van der Waals surface area (Å²) in [5.41, 5.74) is 5.95. The highest BCUT2D eigenvalue weighted by Gasteiger charge is 2.29. The van der Waals surface area contributed by atoms with Gasteiger partial charge in [-0.15, -0.1) is 5.10 Å². The lowest BCUT2D eigenvalue weighted by Crippen LogP contribution is -2.42. The molecule has 0 aliphatic carbocycles. The Labute approximate surface area is 134 Å². The van der Waals surface area contributed by atoms with Crippen molar-refractivity contribution in [3.63, 3.8) is 0 Å². The summed E-state index contributed by atoms with van der Waals surface area (Å²) < 4.78 is 7.13. The van der Waals surface area contributed by atoms with Crippen LogP contribution in [0.5, 0.6) is 0 Å². The van der Waals surface area contributed by atoms with Crippen LogP contribution in [0.3, 0.4) is 0 Å². The molecule has 0 spiro atoms. The van der Waals surface area contributed by atoms with Crippen molar-refractivity contribution in [1.82, 2.24) is 19.7 Å². The first-order valence-corrected chi connectivity index (χ1v) is 7.89. The number of primary amides is 1. The molecule has 2 aliphatic heterocycles. The van der Waals surface area contributed by atoms with E-state index < -0.39 is 5.91 Å². The summed E-state index contributed by atoms with van der Waals surface area (Å²) in [7, 11) is 0. The number of allylic oxidation sites excluding steroid dienone is 1. The van der Waals surface area contributed by atoms with Gasteiger partial charge < -0.3 is 15.4 Å². The number of nitrogens with zero attached hydrogens (tertiary/aromatic N) is 4. The molecule has 124 valence electrons. The first-order chi connectivity index (χ1) is 11.1. The lowest BCUT2D eigenvalue weighted by molar-refractivity contribution is -0.129. The third-order valence-corrected chi connectivity index (χ3v) is 4.36. The Bertz CT molecular complexity index is 651. The van der Waals surface area contributed by atoms with Crippen molar-refractivity contribution in [2.75, 3.05) is 19.7 Å². The van der Waals surface area contributed by atoms with Crippen molar-refractivity contribution in [3.8, 4) is 0 Å². The van der Waals surface area contributed by atoms with Crippen LogP contribution in [0.15, 0.2) is 17.7 Å². The van der Waals surface area contributed by atoms with Crippen LogP contribution in [-0.2, 0) is 9.53 Å². The Balaban J connectivity index is 1.72. The predicted octanol–water partition coefficient (Wildman–Crippen LogP) is 0.625. The lowest BCUT2D eigenvalue weighted by Gasteiger charge is -2.34. The molecule has 23 heavy (non-hydrogen) atoms. The van der Waals surface area contributed by atoms with Crippen LogP contribution < -0.4 is 5.73 Å². The number of aromatic nitrogens is 3. The van der Waals surface area contributed by atoms with Gasteiger partial charge in [-0.1, -0.05) is 0 Å². The third-order valence-electron chi connectivity index (χ3n) is 4.36. The number of carbonyl (C=O) groups is 2. The normalized spacial score (nSPS) is 22.0. The number of likely N-dealkylation sites (tertiary alicyclic amines) is 1. The van der Waals surface area contributed by atoms with Crippen LogP contribution in [-0.4, -0.2) is 51.2 Å². The lowest BCUT2D eigenvalue weighted by atomic mass is 10.0. The number of hydrogen-bond acceptors (Lipinski definition) is 5. The zero-order valence-corrected chi connectivity index (χ0v) is 13.2. The number of nitrogens with two attached hydrogens (primary N) is 1. The van der Waals surface area contributed by atoms with Crippen molar-refractivity contribution in [3.05, 3.63) is 23.5 Å². The Morgan fingerprint density at radius 3 is 2.91 bits per heavy atom. The largest absolute Gasteiger partial charge is 0.498 e. The molecule has 0 aromatic carbocycles. The van der Waals surface area contributed by atoms with Crippen LogP contribution in [0.1, 0.15) is 49.3 Å². The minimum absolute atomic E-state index is 0.00711. The van der Waals surface area contributed by atoms with E-state index in [0.29, 0.717) is 13.2 Å². The molecular weight excluding hydrogens is 298 g/mol. The maximum atomic E-state index is 12.7. The van der Waals surface area contributed by atoms with Crippen LogP contribution >= 0.6 is 0 Å². The fourth-order valence-corrected chi connectivity index (χ4v) is 3.10. The molecule has 1 aromatic rings. The monoisotopic (exact) mass is 319 g/mol. The molecule has 1 unspecified atom stereocenters. The van der Waals surface area contributed by atoms with Crippen molar-refractivity contribution in [2.24, 2.45) is 5.73 Å². The number of rotatable bonds is 3. The van der Waals surface area contributed by atoms with Gasteiger partial charge >= 0.3 is 0 Å². The van der Waals surface area contributed by atoms with Gasteiger partial charge in [0.1, 0.15) is 12.1 Å². The zero-order valence-electron chi connectivity index (χ0n) is 13.2. The van der Waals surface area contributed by atoms with Gasteiger partial charge in [0.2, 0.25) is 5.82 Å². The molecule has 0 radical (unpaired) electrons. The number of hydrogen-bond donors (Lipinski definition) is 1. The van der Waals surface area contributed by atoms with Gasteiger partial charge in [0.05, 0.1) is 18.2 Å². The molecule has 8 nitrogen and oxygen atoms in total. The van der Waals surface area contributed by atoms with E-state index >= 15 is 0 Å². The summed E-state index contributed by atoms with van der Waals surface area (Å²) >= 11 is 0. The van der Waals surface area contributed by atoms with E-state index in [1.165, 1.54) is 6.33 Å². The Hall–Kier alpha value is -2.38. The molecule has 1 fully saturated rings. The molecule has 1 saturated heterocycles. The van der Waals surface area contributed by atoms with Crippen molar-refractivity contribution in [2.45, 2.75) is 38.6 Å². The topological polar surface area (TPSA) is 103 Å². The average Bonchev–Trinajstić information content (AvgIpc) is 3.05. The fraction of sp³-hybridized carbons (Fsp3) is 0.600. The highest BCUT2D eigenvalue weighted by Crippen LogP contribution is 2.26. The summed E-state index contributed by atoms with van der Waals surface area (Å²) in [6.45, 7) is 3.81. The number of amides is 2. The van der Waals surface area contributed by atoms with Gasteiger partial charge in [-0.25, -0.2) is 9.67 Å². The standard InChI is InChI=1S/C15H21N5O3/c1-10-12(5-3-7-23-10)15(22)19-6-2-4-11(8-19)20-9-17-14(18-20)13(16)21/h9,11H,2-8H2,1H3,(H2,16,21). The molecule has 2 amide bonds. The number of ether oxygens (including phenoxy) is 1. The third kappa shape index (κ3) is 3.20. The molecule has 1 aromatic heterocycles. The van der Waals surface area contributed by atoms with Gasteiger partial charge in [0.15, 0.2) is 0 Å². The minimum atomic E-state index is -0.646. The van der Waals surface area contributed by atoms with E-state index in [4.69, 9.17) is 10.5 Å². The molecule has 3 heterocycles. The van der Waals surface area contributed by atoms with E-state index in [0.717, 1.165) is 43.6 Å². The molecular formula is C15H21N5O3. The van der Waals surface area contributed by atoms with E-state index in [9.17, 15) is 9.59 Å². The molecule has 2 aliphatic rings. The van der Waals surface area contributed by atoms with E-state index in [1.807, 2.05) is 11.8 Å². The number of piperidine rings is 1. The molecule has 3 rings (SSSR count). The Morgan fingerprint density at radius 1 is 1.39 bits per heavy atom. The van der Waals surface area contributed by atoms with Crippen LogP contribution in [0.25, 0.3) is 0 Å². The van der Waals surface area contributed by atoms with Gasteiger partial charge in [0.25, 0.3) is 11.8 Å². The van der Waals surface area contributed by atoms with Gasteiger partial charge in [0, 0.05) is 13.1 Å². The molecule has 1 atom stereocenters. The van der Waals surface area contributed by atoms with Crippen molar-refractivity contribution < 1.29 is 14.3 Å². The smallest absolute Gasteiger partial charge is 0.288 e. The van der Waals surface area contributed by atoms with E-state index in [2.05, 4.69) is 10.1 Å². The van der Waals surface area contributed by atoms with Gasteiger partial charge in [-0.3, -0.25) is 9.59 Å². The second-order valence-electron chi connectivity index (χ2n) is 5.95. The Kier molecular flexibility index (Phi) is 4.31. The van der Waals surface area contributed by atoms with E-state index in [1.54, 1.807) is 4.68 Å². The molecule has 0 bridgehead atoms. The fourth-order valence-electron chi connectivity index (χ4n) is 3.10. The summed E-state index contributed by atoms with van der Waals surface area (Å²) in [5.74, 6) is 0.141. The first kappa shape index (κ1) is 15.5. The average molecular weight is 319 g/mol.